The molecule has 32 heavy (non-hydrogen) atoms. The summed E-state index contributed by atoms with van der Waals surface area (Å²) in [6.07, 6.45) is 0. The van der Waals surface area contributed by atoms with Gasteiger partial charge in [0.05, 0.1) is 23.9 Å². The normalized spacial score (nSPS) is 18.1. The molecule has 2 aromatic rings. The summed E-state index contributed by atoms with van der Waals surface area (Å²) in [7, 11) is 0. The van der Waals surface area contributed by atoms with Crippen LogP contribution in [0.25, 0.3) is 0 Å². The first-order valence-electron chi connectivity index (χ1n) is 10.5. The second kappa shape index (κ2) is 8.45. The Kier molecular flexibility index (Phi) is 5.69. The molecule has 0 aliphatic carbocycles. The molecule has 0 aromatic heterocycles. The Labute approximate surface area is 185 Å². The van der Waals surface area contributed by atoms with E-state index in [1.54, 1.807) is 4.90 Å². The SMILES string of the molecule is CCN1C(=O)N[C@@H](c2ccc(C)cc2C)C2=C1CN(CC(=O)Nc1ccc(F)cc1)C2=O. The Bertz CT molecular complexity index is 1130. The molecule has 0 unspecified atom stereocenters. The number of aryl methyl sites for hydroxylation is 2. The number of hydrogen-bond acceptors (Lipinski definition) is 3. The Morgan fingerprint density at radius 3 is 2.53 bits per heavy atom. The zero-order valence-electron chi connectivity index (χ0n) is 18.2. The number of likely N-dealkylation sites (N-methyl/N-ethyl adjacent to an activating group) is 1. The Balaban J connectivity index is 1.59. The number of urea groups is 1. The van der Waals surface area contributed by atoms with Gasteiger partial charge in [-0.2, -0.15) is 0 Å². The van der Waals surface area contributed by atoms with Crippen LogP contribution in [-0.2, 0) is 9.59 Å². The standard InChI is InChI=1S/C24H25FN4O3/c1-4-29-19-12-28(13-20(30)26-17-8-6-16(25)7-9-17)23(31)21(19)22(27-24(29)32)18-10-5-14(2)11-15(18)3/h5-11,22H,4,12-13H2,1-3H3,(H,26,30)(H,27,32)/t22-/m0/s1. The molecule has 2 aliphatic heterocycles. The van der Waals surface area contributed by atoms with E-state index in [0.29, 0.717) is 23.5 Å². The van der Waals surface area contributed by atoms with Gasteiger partial charge < -0.3 is 15.5 Å². The van der Waals surface area contributed by atoms with E-state index in [1.807, 2.05) is 39.0 Å². The van der Waals surface area contributed by atoms with Crippen molar-refractivity contribution in [3.63, 3.8) is 0 Å². The maximum atomic E-state index is 13.4. The molecule has 166 valence electrons. The number of amides is 4. The van der Waals surface area contributed by atoms with Gasteiger partial charge in [0.15, 0.2) is 0 Å². The third-order valence-electron chi connectivity index (χ3n) is 5.81. The summed E-state index contributed by atoms with van der Waals surface area (Å²) in [4.78, 5) is 41.7. The number of nitrogens with zero attached hydrogens (tertiary/aromatic N) is 2. The summed E-state index contributed by atoms with van der Waals surface area (Å²) in [6.45, 7) is 6.20. The van der Waals surface area contributed by atoms with E-state index in [-0.39, 0.29) is 25.0 Å². The molecule has 0 radical (unpaired) electrons. The highest BCUT2D eigenvalue weighted by atomic mass is 19.1. The van der Waals surface area contributed by atoms with Gasteiger partial charge in [0.25, 0.3) is 5.91 Å². The minimum Gasteiger partial charge on any atom is -0.326 e. The van der Waals surface area contributed by atoms with E-state index in [4.69, 9.17) is 0 Å². The topological polar surface area (TPSA) is 81.8 Å². The number of rotatable bonds is 5. The predicted octanol–water partition coefficient (Wildman–Crippen LogP) is 3.26. The highest BCUT2D eigenvalue weighted by Gasteiger charge is 2.44. The molecule has 0 saturated carbocycles. The molecule has 4 rings (SSSR count). The maximum absolute atomic E-state index is 13.4. The van der Waals surface area contributed by atoms with E-state index >= 15 is 0 Å². The van der Waals surface area contributed by atoms with Gasteiger partial charge in [-0.25, -0.2) is 9.18 Å². The van der Waals surface area contributed by atoms with Crippen molar-refractivity contribution in [1.82, 2.24) is 15.1 Å². The third-order valence-corrected chi connectivity index (χ3v) is 5.81. The molecule has 7 nitrogen and oxygen atoms in total. The summed E-state index contributed by atoms with van der Waals surface area (Å²) < 4.78 is 13.1. The molecule has 0 bridgehead atoms. The second-order valence-corrected chi connectivity index (χ2v) is 8.06. The molecule has 0 fully saturated rings. The highest BCUT2D eigenvalue weighted by molar-refractivity contribution is 6.04. The number of nitrogens with one attached hydrogen (secondary N) is 2. The van der Waals surface area contributed by atoms with Crippen molar-refractivity contribution in [2.45, 2.75) is 26.8 Å². The van der Waals surface area contributed by atoms with Crippen molar-refractivity contribution in [3.05, 3.63) is 76.2 Å². The predicted molar refractivity (Wildman–Crippen MR) is 118 cm³/mol. The van der Waals surface area contributed by atoms with Gasteiger partial charge in [0.1, 0.15) is 12.4 Å². The third kappa shape index (κ3) is 3.95. The molecule has 1 atom stereocenters. The fourth-order valence-electron chi connectivity index (χ4n) is 4.30. The Morgan fingerprint density at radius 1 is 1.16 bits per heavy atom. The zero-order chi connectivity index (χ0) is 23.0. The van der Waals surface area contributed by atoms with Gasteiger partial charge in [0, 0.05) is 12.2 Å². The molecule has 2 aliphatic rings. The Morgan fingerprint density at radius 2 is 1.88 bits per heavy atom. The lowest BCUT2D eigenvalue weighted by atomic mass is 9.91. The van der Waals surface area contributed by atoms with E-state index in [1.165, 1.54) is 29.2 Å². The molecule has 2 aromatic carbocycles. The maximum Gasteiger partial charge on any atom is 0.322 e. The average molecular weight is 436 g/mol. The van der Waals surface area contributed by atoms with Crippen molar-refractivity contribution in [2.75, 3.05) is 25.0 Å². The lowest BCUT2D eigenvalue weighted by Gasteiger charge is -2.33. The molecule has 8 heteroatoms. The highest BCUT2D eigenvalue weighted by Crippen LogP contribution is 2.37. The van der Waals surface area contributed by atoms with Gasteiger partial charge in [0.2, 0.25) is 5.91 Å². The van der Waals surface area contributed by atoms with Crippen molar-refractivity contribution >= 4 is 23.5 Å². The van der Waals surface area contributed by atoms with Gasteiger partial charge in [-0.15, -0.1) is 0 Å². The molecule has 0 spiro atoms. The Hall–Kier alpha value is -3.68. The smallest absolute Gasteiger partial charge is 0.322 e. The summed E-state index contributed by atoms with van der Waals surface area (Å²) in [5.41, 5.74) is 4.50. The average Bonchev–Trinajstić information content (AvgIpc) is 3.05. The monoisotopic (exact) mass is 436 g/mol. The first-order chi connectivity index (χ1) is 15.3. The minimum absolute atomic E-state index is 0.172. The van der Waals surface area contributed by atoms with E-state index in [0.717, 1.165) is 16.7 Å². The molecule has 0 saturated heterocycles. The van der Waals surface area contributed by atoms with Crippen LogP contribution in [0.2, 0.25) is 0 Å². The van der Waals surface area contributed by atoms with Crippen molar-refractivity contribution in [2.24, 2.45) is 0 Å². The summed E-state index contributed by atoms with van der Waals surface area (Å²) in [6, 6.07) is 10.5. The van der Waals surface area contributed by atoms with Gasteiger partial charge >= 0.3 is 6.03 Å². The van der Waals surface area contributed by atoms with Crippen LogP contribution in [-0.4, -0.2) is 47.3 Å². The molecule has 2 N–H and O–H groups in total. The second-order valence-electron chi connectivity index (χ2n) is 8.06. The van der Waals surface area contributed by atoms with Crippen LogP contribution in [0, 0.1) is 19.7 Å². The number of benzene rings is 2. The zero-order valence-corrected chi connectivity index (χ0v) is 18.2. The van der Waals surface area contributed by atoms with E-state index in [9.17, 15) is 18.8 Å². The summed E-state index contributed by atoms with van der Waals surface area (Å²) in [5, 5.41) is 5.64. The molecular formula is C24H25FN4O3. The van der Waals surface area contributed by atoms with Crippen LogP contribution in [0.15, 0.2) is 53.7 Å². The van der Waals surface area contributed by atoms with Crippen LogP contribution >= 0.6 is 0 Å². The van der Waals surface area contributed by atoms with Crippen molar-refractivity contribution < 1.29 is 18.8 Å². The van der Waals surface area contributed by atoms with Crippen LogP contribution in [0.5, 0.6) is 0 Å². The largest absolute Gasteiger partial charge is 0.326 e. The van der Waals surface area contributed by atoms with Crippen molar-refractivity contribution in [3.8, 4) is 0 Å². The van der Waals surface area contributed by atoms with Gasteiger partial charge in [-0.05, 0) is 56.2 Å². The quantitative estimate of drug-likeness (QED) is 0.755. The number of anilines is 1. The van der Waals surface area contributed by atoms with Crippen LogP contribution in [0.4, 0.5) is 14.9 Å². The fourth-order valence-corrected chi connectivity index (χ4v) is 4.30. The summed E-state index contributed by atoms with van der Waals surface area (Å²) >= 11 is 0. The number of halogens is 1. The molecular weight excluding hydrogens is 411 g/mol. The fraction of sp³-hybridized carbons (Fsp3) is 0.292. The first kappa shape index (κ1) is 21.5. The summed E-state index contributed by atoms with van der Waals surface area (Å²) in [5.74, 6) is -1.07. The van der Waals surface area contributed by atoms with Gasteiger partial charge in [-0.3, -0.25) is 14.5 Å². The molecule has 2 heterocycles. The number of carbonyl (C=O) groups excluding carboxylic acids is 3. The van der Waals surface area contributed by atoms with E-state index in [2.05, 4.69) is 10.6 Å². The lowest BCUT2D eigenvalue weighted by molar-refractivity contribution is -0.130. The number of carbonyl (C=O) groups is 3. The van der Waals surface area contributed by atoms with Crippen molar-refractivity contribution in [1.29, 1.82) is 0 Å². The first-order valence-corrected chi connectivity index (χ1v) is 10.5. The van der Waals surface area contributed by atoms with E-state index < -0.39 is 17.8 Å². The molecule has 4 amide bonds. The van der Waals surface area contributed by atoms with Crippen LogP contribution < -0.4 is 10.6 Å². The number of hydrogen-bond donors (Lipinski definition) is 2. The van der Waals surface area contributed by atoms with Crippen LogP contribution in [0.1, 0.15) is 29.7 Å². The van der Waals surface area contributed by atoms with Crippen LogP contribution in [0.3, 0.4) is 0 Å². The van der Waals surface area contributed by atoms with Gasteiger partial charge in [-0.1, -0.05) is 23.8 Å². The minimum atomic E-state index is -0.571. The lowest BCUT2D eigenvalue weighted by Crippen LogP contribution is -2.47.